The number of nitrogens with one attached hydrogen (secondary N) is 2. The lowest BCUT2D eigenvalue weighted by Crippen LogP contribution is -2.34. The monoisotopic (exact) mass is 447 g/mol. The molecule has 160 valence electrons. The molecule has 0 aliphatic heterocycles. The van der Waals surface area contributed by atoms with Gasteiger partial charge in [-0.1, -0.05) is 0 Å². The van der Waals surface area contributed by atoms with E-state index in [1.165, 1.54) is 23.1 Å². The molecule has 0 aliphatic carbocycles. The van der Waals surface area contributed by atoms with E-state index in [1.54, 1.807) is 7.11 Å². The number of carbonyl (C=O) groups is 1. The van der Waals surface area contributed by atoms with Gasteiger partial charge in [-0.25, -0.2) is 4.98 Å². The summed E-state index contributed by atoms with van der Waals surface area (Å²) in [7, 11) is 1.61. The molecule has 1 aromatic carbocycles. The molecule has 3 rings (SSSR count). The molecular weight excluding hydrogens is 422 g/mol. The number of H-pyrrole nitrogens is 1. The molecule has 0 radical (unpaired) electrons. The standard InChI is InChI=1S/C21H25N3O4S2/c1-12-13(2)30-21-18(12)20(26)23-17(24-21)11-29-14(3)19(25)22-9-10-28-16-7-5-15(27-4)6-8-16/h5-8,14H,9-11H2,1-4H3,(H,22,25)(H,23,24,26)/t14-/m0/s1. The molecule has 0 spiro atoms. The molecule has 0 bridgehead atoms. The summed E-state index contributed by atoms with van der Waals surface area (Å²) < 4.78 is 10.7. The maximum Gasteiger partial charge on any atom is 0.259 e. The van der Waals surface area contributed by atoms with Crippen molar-refractivity contribution in [1.82, 2.24) is 15.3 Å². The Hall–Kier alpha value is -2.52. The molecule has 0 fully saturated rings. The third-order valence-corrected chi connectivity index (χ3v) is 6.91. The van der Waals surface area contributed by atoms with Gasteiger partial charge >= 0.3 is 0 Å². The number of nitrogens with zero attached hydrogens (tertiary/aromatic N) is 1. The highest BCUT2D eigenvalue weighted by molar-refractivity contribution is 7.99. The minimum Gasteiger partial charge on any atom is -0.497 e. The fourth-order valence-corrected chi connectivity index (χ4v) is 4.63. The summed E-state index contributed by atoms with van der Waals surface area (Å²) in [6, 6.07) is 7.28. The van der Waals surface area contributed by atoms with E-state index >= 15 is 0 Å². The number of aromatic amines is 1. The second-order valence-corrected chi connectivity index (χ2v) is 9.28. The molecule has 0 unspecified atom stereocenters. The largest absolute Gasteiger partial charge is 0.497 e. The van der Waals surface area contributed by atoms with Crippen LogP contribution in [-0.4, -0.2) is 41.4 Å². The van der Waals surface area contributed by atoms with Gasteiger partial charge in [0, 0.05) is 4.88 Å². The number of benzene rings is 1. The van der Waals surface area contributed by atoms with Crippen molar-refractivity contribution in [3.8, 4) is 11.5 Å². The van der Waals surface area contributed by atoms with E-state index in [9.17, 15) is 9.59 Å². The van der Waals surface area contributed by atoms with E-state index in [4.69, 9.17) is 9.47 Å². The van der Waals surface area contributed by atoms with Crippen LogP contribution in [0, 0.1) is 13.8 Å². The van der Waals surface area contributed by atoms with E-state index < -0.39 is 0 Å². The molecular formula is C21H25N3O4S2. The van der Waals surface area contributed by atoms with Gasteiger partial charge in [0.1, 0.15) is 28.8 Å². The Balaban J connectivity index is 1.45. The molecule has 1 atom stereocenters. The van der Waals surface area contributed by atoms with Crippen LogP contribution in [0.3, 0.4) is 0 Å². The Morgan fingerprint density at radius 2 is 1.97 bits per heavy atom. The van der Waals surface area contributed by atoms with Crippen molar-refractivity contribution in [2.45, 2.75) is 31.8 Å². The van der Waals surface area contributed by atoms with Crippen molar-refractivity contribution < 1.29 is 14.3 Å². The van der Waals surface area contributed by atoms with Crippen LogP contribution in [0.4, 0.5) is 0 Å². The van der Waals surface area contributed by atoms with Crippen molar-refractivity contribution in [3.05, 3.63) is 50.9 Å². The first-order chi connectivity index (χ1) is 14.4. The molecule has 9 heteroatoms. The van der Waals surface area contributed by atoms with E-state index in [2.05, 4.69) is 15.3 Å². The summed E-state index contributed by atoms with van der Waals surface area (Å²) in [6.45, 7) is 6.54. The van der Waals surface area contributed by atoms with Gasteiger partial charge in [-0.2, -0.15) is 0 Å². The Labute approximate surface area is 183 Å². The van der Waals surface area contributed by atoms with Crippen LogP contribution in [0.1, 0.15) is 23.2 Å². The van der Waals surface area contributed by atoms with Crippen LogP contribution in [0.15, 0.2) is 29.1 Å². The van der Waals surface area contributed by atoms with E-state index in [0.29, 0.717) is 30.1 Å². The van der Waals surface area contributed by atoms with E-state index in [0.717, 1.165) is 26.8 Å². The number of fused-ring (bicyclic) bond motifs is 1. The first-order valence-electron chi connectivity index (χ1n) is 9.54. The van der Waals surface area contributed by atoms with Gasteiger partial charge in [-0.05, 0) is 50.6 Å². The molecule has 7 nitrogen and oxygen atoms in total. The summed E-state index contributed by atoms with van der Waals surface area (Å²) in [6.07, 6.45) is 0. The third kappa shape index (κ3) is 5.34. The van der Waals surface area contributed by atoms with Crippen LogP contribution in [-0.2, 0) is 10.5 Å². The first-order valence-corrected chi connectivity index (χ1v) is 11.4. The zero-order valence-corrected chi connectivity index (χ0v) is 19.0. The van der Waals surface area contributed by atoms with Gasteiger partial charge in [-0.15, -0.1) is 23.1 Å². The predicted molar refractivity (Wildman–Crippen MR) is 122 cm³/mol. The molecule has 3 aromatic rings. The van der Waals surface area contributed by atoms with Gasteiger partial charge in [-0.3, -0.25) is 9.59 Å². The molecule has 0 saturated carbocycles. The zero-order chi connectivity index (χ0) is 21.7. The minimum absolute atomic E-state index is 0.0791. The highest BCUT2D eigenvalue weighted by Gasteiger charge is 2.16. The minimum atomic E-state index is -0.279. The Kier molecular flexibility index (Phi) is 7.38. The summed E-state index contributed by atoms with van der Waals surface area (Å²) in [4.78, 5) is 33.9. The van der Waals surface area contributed by atoms with Crippen LogP contribution in [0.2, 0.25) is 0 Å². The second-order valence-electron chi connectivity index (χ2n) is 6.74. The summed E-state index contributed by atoms with van der Waals surface area (Å²) in [5.41, 5.74) is 0.859. The zero-order valence-electron chi connectivity index (χ0n) is 17.4. The molecule has 2 aromatic heterocycles. The van der Waals surface area contributed by atoms with Gasteiger partial charge in [0.05, 0.1) is 30.0 Å². The molecule has 2 N–H and O–H groups in total. The van der Waals surface area contributed by atoms with Crippen LogP contribution in [0.25, 0.3) is 10.2 Å². The maximum atomic E-state index is 12.3. The number of thioether (sulfide) groups is 1. The summed E-state index contributed by atoms with van der Waals surface area (Å²) >= 11 is 2.95. The number of hydrogen-bond donors (Lipinski definition) is 2. The number of hydrogen-bond acceptors (Lipinski definition) is 7. The topological polar surface area (TPSA) is 93.3 Å². The summed E-state index contributed by atoms with van der Waals surface area (Å²) in [5.74, 6) is 2.45. The highest BCUT2D eigenvalue weighted by atomic mass is 32.2. The van der Waals surface area contributed by atoms with Crippen LogP contribution in [0.5, 0.6) is 11.5 Å². The maximum absolute atomic E-state index is 12.3. The van der Waals surface area contributed by atoms with Crippen molar-refractivity contribution in [3.63, 3.8) is 0 Å². The number of amides is 1. The highest BCUT2D eigenvalue weighted by Crippen LogP contribution is 2.26. The first kappa shape index (κ1) is 22.2. The van der Waals surface area contributed by atoms with Gasteiger partial charge < -0.3 is 19.8 Å². The average molecular weight is 448 g/mol. The lowest BCUT2D eigenvalue weighted by atomic mass is 10.2. The third-order valence-electron chi connectivity index (χ3n) is 4.66. The predicted octanol–water partition coefficient (Wildman–Crippen LogP) is 3.43. The number of methoxy groups -OCH3 is 1. The number of rotatable bonds is 9. The Morgan fingerprint density at radius 1 is 1.27 bits per heavy atom. The van der Waals surface area contributed by atoms with Gasteiger partial charge in [0.25, 0.3) is 5.56 Å². The van der Waals surface area contributed by atoms with Gasteiger partial charge in [0.15, 0.2) is 0 Å². The normalized spacial score (nSPS) is 12.0. The lowest BCUT2D eigenvalue weighted by molar-refractivity contribution is -0.120. The number of thiophene rings is 1. The SMILES string of the molecule is COc1ccc(OCCNC(=O)[C@H](C)SCc2nc3sc(C)c(C)c3c(=O)[nH]2)cc1. The van der Waals surface area contributed by atoms with Gasteiger partial charge in [0.2, 0.25) is 5.91 Å². The fraction of sp³-hybridized carbons (Fsp3) is 0.381. The quantitative estimate of drug-likeness (QED) is 0.488. The molecule has 0 saturated heterocycles. The molecule has 1 amide bonds. The summed E-state index contributed by atoms with van der Waals surface area (Å²) in [5, 5.41) is 3.25. The smallest absolute Gasteiger partial charge is 0.259 e. The lowest BCUT2D eigenvalue weighted by Gasteiger charge is -2.12. The van der Waals surface area contributed by atoms with Crippen LogP contribution >= 0.6 is 23.1 Å². The Bertz CT molecular complexity index is 1080. The average Bonchev–Trinajstić information content (AvgIpc) is 3.03. The number of aromatic nitrogens is 2. The number of aryl methyl sites for hydroxylation is 2. The van der Waals surface area contributed by atoms with E-state index in [-0.39, 0.29) is 16.7 Å². The Morgan fingerprint density at radius 3 is 2.67 bits per heavy atom. The second kappa shape index (κ2) is 9.99. The number of ether oxygens (including phenoxy) is 2. The van der Waals surface area contributed by atoms with Crippen molar-refractivity contribution in [2.24, 2.45) is 0 Å². The van der Waals surface area contributed by atoms with Crippen molar-refractivity contribution in [2.75, 3.05) is 20.3 Å². The molecule has 2 heterocycles. The van der Waals surface area contributed by atoms with Crippen molar-refractivity contribution >= 4 is 39.2 Å². The number of carbonyl (C=O) groups excluding carboxylic acids is 1. The van der Waals surface area contributed by atoms with Crippen molar-refractivity contribution in [1.29, 1.82) is 0 Å². The molecule has 0 aliphatic rings. The van der Waals surface area contributed by atoms with E-state index in [1.807, 2.05) is 45.0 Å². The fourth-order valence-electron chi connectivity index (χ4n) is 2.81. The van der Waals surface area contributed by atoms with Crippen LogP contribution < -0.4 is 20.3 Å². The molecule has 30 heavy (non-hydrogen) atoms.